The lowest BCUT2D eigenvalue weighted by molar-refractivity contribution is 0.417. The molecule has 22 heavy (non-hydrogen) atoms. The van der Waals surface area contributed by atoms with E-state index in [2.05, 4.69) is 22.8 Å². The van der Waals surface area contributed by atoms with Gasteiger partial charge in [-0.1, -0.05) is 44.7 Å². The molecule has 0 spiro atoms. The molecule has 0 radical (unpaired) electrons. The Kier molecular flexibility index (Phi) is 9.23. The number of thiocarbonyl (C=S) groups is 1. The minimum atomic E-state index is 0.467. The van der Waals surface area contributed by atoms with E-state index in [-0.39, 0.29) is 0 Å². The lowest BCUT2D eigenvalue weighted by Crippen LogP contribution is -2.25. The third-order valence-electron chi connectivity index (χ3n) is 3.35. The Labute approximate surface area is 139 Å². The largest absolute Gasteiger partial charge is 0.495 e. The molecule has 1 rings (SSSR count). The van der Waals surface area contributed by atoms with Gasteiger partial charge in [0.05, 0.1) is 12.8 Å². The molecule has 4 nitrogen and oxygen atoms in total. The Balaban J connectivity index is 2.33. The minimum absolute atomic E-state index is 0.467. The van der Waals surface area contributed by atoms with Gasteiger partial charge in [-0.2, -0.15) is 5.10 Å². The van der Waals surface area contributed by atoms with Gasteiger partial charge < -0.3 is 10.1 Å². The van der Waals surface area contributed by atoms with Gasteiger partial charge >= 0.3 is 0 Å². The summed E-state index contributed by atoms with van der Waals surface area (Å²) >= 11 is 5.25. The summed E-state index contributed by atoms with van der Waals surface area (Å²) in [6.45, 7) is 4.25. The van der Waals surface area contributed by atoms with Crippen LogP contribution in [-0.2, 0) is 0 Å². The van der Waals surface area contributed by atoms with Crippen LogP contribution >= 0.6 is 12.2 Å². The number of hydrazone groups is 1. The van der Waals surface area contributed by atoms with Gasteiger partial charge in [0, 0.05) is 5.71 Å². The third kappa shape index (κ3) is 7.41. The van der Waals surface area contributed by atoms with Crippen molar-refractivity contribution in [2.45, 2.75) is 52.4 Å². The second kappa shape index (κ2) is 11.0. The maximum atomic E-state index is 5.27. The Hall–Kier alpha value is -1.62. The number of nitrogens with one attached hydrogen (secondary N) is 2. The molecule has 0 unspecified atom stereocenters. The number of methoxy groups -OCH3 is 1. The molecule has 0 saturated carbocycles. The first kappa shape index (κ1) is 18.4. The van der Waals surface area contributed by atoms with Crippen molar-refractivity contribution in [1.29, 1.82) is 0 Å². The first-order valence-corrected chi connectivity index (χ1v) is 8.31. The van der Waals surface area contributed by atoms with Crippen molar-refractivity contribution in [3.8, 4) is 5.75 Å². The van der Waals surface area contributed by atoms with Crippen LogP contribution < -0.4 is 15.5 Å². The molecule has 0 aliphatic heterocycles. The zero-order valence-electron chi connectivity index (χ0n) is 13.8. The fourth-order valence-corrected chi connectivity index (χ4v) is 2.24. The van der Waals surface area contributed by atoms with Crippen molar-refractivity contribution >= 4 is 28.7 Å². The van der Waals surface area contributed by atoms with E-state index >= 15 is 0 Å². The summed E-state index contributed by atoms with van der Waals surface area (Å²) in [5.41, 5.74) is 4.79. The summed E-state index contributed by atoms with van der Waals surface area (Å²) in [6.07, 6.45) is 7.37. The van der Waals surface area contributed by atoms with E-state index in [1.54, 1.807) is 7.11 Å². The van der Waals surface area contributed by atoms with Crippen LogP contribution in [0, 0.1) is 0 Å². The predicted molar refractivity (Wildman–Crippen MR) is 98.8 cm³/mol. The van der Waals surface area contributed by atoms with Crippen molar-refractivity contribution in [1.82, 2.24) is 5.43 Å². The summed E-state index contributed by atoms with van der Waals surface area (Å²) in [5.74, 6) is 0.753. The molecule has 0 atom stereocenters. The second-order valence-corrected chi connectivity index (χ2v) is 5.69. The number of ether oxygens (including phenoxy) is 1. The van der Waals surface area contributed by atoms with Crippen LogP contribution in [-0.4, -0.2) is 17.9 Å². The van der Waals surface area contributed by atoms with Gasteiger partial charge in [0.2, 0.25) is 0 Å². The van der Waals surface area contributed by atoms with Crippen LogP contribution in [0.4, 0.5) is 5.69 Å². The third-order valence-corrected chi connectivity index (χ3v) is 3.54. The first-order valence-electron chi connectivity index (χ1n) is 7.90. The summed E-state index contributed by atoms with van der Waals surface area (Å²) in [5, 5.41) is 7.87. The fourth-order valence-electron chi connectivity index (χ4n) is 2.08. The van der Waals surface area contributed by atoms with E-state index in [0.717, 1.165) is 23.6 Å². The van der Waals surface area contributed by atoms with Crippen LogP contribution in [0.2, 0.25) is 0 Å². The number of nitrogens with zero attached hydrogens (tertiary/aromatic N) is 1. The van der Waals surface area contributed by atoms with Gasteiger partial charge in [0.25, 0.3) is 0 Å². The molecule has 0 saturated heterocycles. The van der Waals surface area contributed by atoms with Crippen LogP contribution in [0.25, 0.3) is 0 Å². The number of para-hydroxylation sites is 2. The van der Waals surface area contributed by atoms with E-state index < -0.39 is 0 Å². The van der Waals surface area contributed by atoms with Crippen LogP contribution in [0.3, 0.4) is 0 Å². The van der Waals surface area contributed by atoms with Crippen LogP contribution in [0.15, 0.2) is 29.4 Å². The van der Waals surface area contributed by atoms with Gasteiger partial charge in [-0.05, 0) is 44.1 Å². The van der Waals surface area contributed by atoms with E-state index in [0.29, 0.717) is 5.11 Å². The van der Waals surface area contributed by atoms with Crippen molar-refractivity contribution in [3.05, 3.63) is 24.3 Å². The molecule has 5 heteroatoms. The van der Waals surface area contributed by atoms with Gasteiger partial charge in [0.1, 0.15) is 5.75 Å². The van der Waals surface area contributed by atoms with Gasteiger partial charge in [-0.3, -0.25) is 5.43 Å². The lowest BCUT2D eigenvalue weighted by atomic mass is 10.1. The van der Waals surface area contributed by atoms with Gasteiger partial charge in [-0.25, -0.2) is 0 Å². The molecule has 0 amide bonds. The topological polar surface area (TPSA) is 45.7 Å². The zero-order valence-corrected chi connectivity index (χ0v) is 14.6. The molecule has 0 fully saturated rings. The SMILES string of the molecule is CCCCCCCC(C)=NNC(=S)Nc1ccccc1OC. The number of hydrogen-bond acceptors (Lipinski definition) is 3. The van der Waals surface area contributed by atoms with Crippen LogP contribution in [0.5, 0.6) is 5.75 Å². The average Bonchev–Trinajstić information content (AvgIpc) is 2.53. The number of benzene rings is 1. The van der Waals surface area contributed by atoms with Crippen molar-refractivity contribution in [3.63, 3.8) is 0 Å². The highest BCUT2D eigenvalue weighted by molar-refractivity contribution is 7.80. The molecule has 2 N–H and O–H groups in total. The Morgan fingerprint density at radius 2 is 1.91 bits per heavy atom. The molecule has 0 bridgehead atoms. The summed E-state index contributed by atoms with van der Waals surface area (Å²) in [6, 6.07) is 7.65. The van der Waals surface area contributed by atoms with Crippen molar-refractivity contribution in [2.24, 2.45) is 5.10 Å². The number of hydrogen-bond donors (Lipinski definition) is 2. The fraction of sp³-hybridized carbons (Fsp3) is 0.529. The van der Waals surface area contributed by atoms with E-state index in [1.165, 1.54) is 32.1 Å². The molecular formula is C17H27N3OS. The normalized spacial score (nSPS) is 11.1. The summed E-state index contributed by atoms with van der Waals surface area (Å²) in [4.78, 5) is 0. The molecule has 0 aliphatic rings. The van der Waals surface area contributed by atoms with Crippen LogP contribution in [0.1, 0.15) is 52.4 Å². The maximum Gasteiger partial charge on any atom is 0.191 e. The zero-order chi connectivity index (χ0) is 16.2. The number of rotatable bonds is 9. The molecule has 0 aliphatic carbocycles. The van der Waals surface area contributed by atoms with E-state index in [1.807, 2.05) is 31.2 Å². The molecule has 1 aromatic carbocycles. The van der Waals surface area contributed by atoms with E-state index in [9.17, 15) is 0 Å². The van der Waals surface area contributed by atoms with E-state index in [4.69, 9.17) is 17.0 Å². The first-order chi connectivity index (χ1) is 10.7. The smallest absolute Gasteiger partial charge is 0.191 e. The molecule has 0 heterocycles. The molecule has 1 aromatic rings. The minimum Gasteiger partial charge on any atom is -0.495 e. The summed E-state index contributed by atoms with van der Waals surface area (Å²) < 4.78 is 5.27. The highest BCUT2D eigenvalue weighted by Gasteiger charge is 2.03. The Bertz CT molecular complexity index is 489. The van der Waals surface area contributed by atoms with Crippen molar-refractivity contribution < 1.29 is 4.74 Å². The predicted octanol–water partition coefficient (Wildman–Crippen LogP) is 4.72. The molecular weight excluding hydrogens is 294 g/mol. The highest BCUT2D eigenvalue weighted by atomic mass is 32.1. The number of anilines is 1. The Morgan fingerprint density at radius 3 is 2.64 bits per heavy atom. The highest BCUT2D eigenvalue weighted by Crippen LogP contribution is 2.22. The standard InChI is InChI=1S/C17H27N3OS/c1-4-5-6-7-8-11-14(2)19-20-17(22)18-15-12-9-10-13-16(15)21-3/h9-10,12-13H,4-8,11H2,1-3H3,(H2,18,20,22). The lowest BCUT2D eigenvalue weighted by Gasteiger charge is -2.11. The average molecular weight is 321 g/mol. The van der Waals surface area contributed by atoms with Crippen molar-refractivity contribution in [2.75, 3.05) is 12.4 Å². The van der Waals surface area contributed by atoms with Gasteiger partial charge in [-0.15, -0.1) is 0 Å². The van der Waals surface area contributed by atoms with Gasteiger partial charge in [0.15, 0.2) is 5.11 Å². The maximum absolute atomic E-state index is 5.27. The molecule has 0 aromatic heterocycles. The monoisotopic (exact) mass is 321 g/mol. The Morgan fingerprint density at radius 1 is 1.18 bits per heavy atom. The molecule has 122 valence electrons. The number of unbranched alkanes of at least 4 members (excludes halogenated alkanes) is 4. The summed E-state index contributed by atoms with van der Waals surface area (Å²) in [7, 11) is 1.64. The quantitative estimate of drug-likeness (QED) is 0.299. The second-order valence-electron chi connectivity index (χ2n) is 5.28.